The molecule has 1 aliphatic rings. The SMILES string of the molecule is CCc1cc(C(=O)N2CCN(CCO)CC2)n(CC)n1. The van der Waals surface area contributed by atoms with Crippen LogP contribution in [0.3, 0.4) is 0 Å². The Morgan fingerprint density at radius 1 is 1.30 bits per heavy atom. The quantitative estimate of drug-likeness (QED) is 0.838. The number of aliphatic hydroxyl groups excluding tert-OH is 1. The molecular weight excluding hydrogens is 256 g/mol. The second-order valence-corrected chi connectivity index (χ2v) is 5.05. The van der Waals surface area contributed by atoms with E-state index >= 15 is 0 Å². The Bertz CT molecular complexity index is 450. The number of carbonyl (C=O) groups is 1. The molecule has 0 unspecified atom stereocenters. The van der Waals surface area contributed by atoms with Crippen LogP contribution in [-0.2, 0) is 13.0 Å². The Balaban J connectivity index is 2.03. The van der Waals surface area contributed by atoms with E-state index in [4.69, 9.17) is 5.11 Å². The van der Waals surface area contributed by atoms with Crippen LogP contribution in [-0.4, -0.2) is 69.9 Å². The van der Waals surface area contributed by atoms with Gasteiger partial charge in [0.1, 0.15) is 5.69 Å². The smallest absolute Gasteiger partial charge is 0.272 e. The highest BCUT2D eigenvalue weighted by Gasteiger charge is 2.24. The zero-order chi connectivity index (χ0) is 14.5. The molecule has 1 aromatic heterocycles. The van der Waals surface area contributed by atoms with Gasteiger partial charge in [0.2, 0.25) is 0 Å². The molecule has 20 heavy (non-hydrogen) atoms. The van der Waals surface area contributed by atoms with Crippen molar-refractivity contribution in [1.82, 2.24) is 19.6 Å². The normalized spacial score (nSPS) is 16.6. The molecule has 0 aliphatic carbocycles. The summed E-state index contributed by atoms with van der Waals surface area (Å²) in [7, 11) is 0. The number of nitrogens with zero attached hydrogens (tertiary/aromatic N) is 4. The molecule has 0 aromatic carbocycles. The minimum Gasteiger partial charge on any atom is -0.395 e. The first-order valence-corrected chi connectivity index (χ1v) is 7.38. The highest BCUT2D eigenvalue weighted by atomic mass is 16.3. The van der Waals surface area contributed by atoms with E-state index in [0.29, 0.717) is 18.8 Å². The number of aromatic nitrogens is 2. The van der Waals surface area contributed by atoms with Gasteiger partial charge < -0.3 is 10.0 Å². The maximum absolute atomic E-state index is 12.6. The van der Waals surface area contributed by atoms with Crippen molar-refractivity contribution in [3.05, 3.63) is 17.5 Å². The Hall–Kier alpha value is -1.40. The van der Waals surface area contributed by atoms with Crippen molar-refractivity contribution < 1.29 is 9.90 Å². The summed E-state index contributed by atoms with van der Waals surface area (Å²) in [6.07, 6.45) is 0.845. The van der Waals surface area contributed by atoms with Crippen LogP contribution < -0.4 is 0 Å². The number of aliphatic hydroxyl groups is 1. The summed E-state index contributed by atoms with van der Waals surface area (Å²) >= 11 is 0. The van der Waals surface area contributed by atoms with Crippen LogP contribution in [0.5, 0.6) is 0 Å². The topological polar surface area (TPSA) is 61.6 Å². The number of piperazine rings is 1. The summed E-state index contributed by atoms with van der Waals surface area (Å²) < 4.78 is 1.79. The third kappa shape index (κ3) is 3.19. The molecule has 0 spiro atoms. The molecule has 2 rings (SSSR count). The van der Waals surface area contributed by atoms with Gasteiger partial charge in [0.05, 0.1) is 12.3 Å². The summed E-state index contributed by atoms with van der Waals surface area (Å²) in [6, 6.07) is 1.91. The molecule has 0 radical (unpaired) electrons. The number of rotatable bonds is 5. The predicted octanol–water partition coefficient (Wildman–Crippen LogP) is 0.215. The van der Waals surface area contributed by atoms with Crippen molar-refractivity contribution in [3.63, 3.8) is 0 Å². The van der Waals surface area contributed by atoms with Gasteiger partial charge in [-0.2, -0.15) is 5.10 Å². The Morgan fingerprint density at radius 3 is 2.55 bits per heavy atom. The van der Waals surface area contributed by atoms with Gasteiger partial charge >= 0.3 is 0 Å². The molecule has 1 fully saturated rings. The molecule has 0 saturated carbocycles. The van der Waals surface area contributed by atoms with Gasteiger partial charge in [0, 0.05) is 39.3 Å². The second kappa shape index (κ2) is 6.85. The van der Waals surface area contributed by atoms with Gasteiger partial charge in [0.25, 0.3) is 5.91 Å². The van der Waals surface area contributed by atoms with Crippen molar-refractivity contribution in [1.29, 1.82) is 0 Å². The molecule has 1 amide bonds. The van der Waals surface area contributed by atoms with E-state index in [1.807, 2.05) is 24.8 Å². The van der Waals surface area contributed by atoms with Crippen molar-refractivity contribution in [2.24, 2.45) is 0 Å². The fraction of sp³-hybridized carbons (Fsp3) is 0.714. The van der Waals surface area contributed by atoms with E-state index in [2.05, 4.69) is 10.00 Å². The lowest BCUT2D eigenvalue weighted by atomic mass is 10.2. The maximum Gasteiger partial charge on any atom is 0.272 e. The molecule has 6 heteroatoms. The summed E-state index contributed by atoms with van der Waals surface area (Å²) in [5.41, 5.74) is 1.66. The zero-order valence-electron chi connectivity index (χ0n) is 12.4. The molecular formula is C14H24N4O2. The first-order valence-electron chi connectivity index (χ1n) is 7.38. The van der Waals surface area contributed by atoms with Crippen LogP contribution in [0.1, 0.15) is 30.0 Å². The number of β-amino-alcohol motifs (C(OH)–C–C–N with tert-alkyl or cyclic N) is 1. The number of carbonyl (C=O) groups excluding carboxylic acids is 1. The van der Waals surface area contributed by atoms with Gasteiger partial charge in [-0.05, 0) is 19.4 Å². The van der Waals surface area contributed by atoms with Crippen LogP contribution in [0.2, 0.25) is 0 Å². The second-order valence-electron chi connectivity index (χ2n) is 5.05. The van der Waals surface area contributed by atoms with Crippen molar-refractivity contribution in [3.8, 4) is 0 Å². The number of hydrogen-bond donors (Lipinski definition) is 1. The summed E-state index contributed by atoms with van der Waals surface area (Å²) in [5, 5.41) is 13.4. The summed E-state index contributed by atoms with van der Waals surface area (Å²) in [6.45, 7) is 8.72. The first kappa shape index (κ1) is 15.0. The lowest BCUT2D eigenvalue weighted by Gasteiger charge is -2.34. The number of aryl methyl sites for hydroxylation is 2. The average molecular weight is 280 g/mol. The zero-order valence-corrected chi connectivity index (χ0v) is 12.4. The van der Waals surface area contributed by atoms with E-state index in [9.17, 15) is 4.79 Å². The third-order valence-electron chi connectivity index (χ3n) is 3.79. The minimum atomic E-state index is 0.0719. The summed E-state index contributed by atoms with van der Waals surface area (Å²) in [5.74, 6) is 0.0719. The van der Waals surface area contributed by atoms with Crippen molar-refractivity contribution in [2.75, 3.05) is 39.3 Å². The predicted molar refractivity (Wildman–Crippen MR) is 76.7 cm³/mol. The average Bonchev–Trinajstić information content (AvgIpc) is 2.91. The van der Waals surface area contributed by atoms with Crippen molar-refractivity contribution >= 4 is 5.91 Å². The highest BCUT2D eigenvalue weighted by molar-refractivity contribution is 5.92. The van der Waals surface area contributed by atoms with Crippen LogP contribution in [0.15, 0.2) is 6.07 Å². The third-order valence-corrected chi connectivity index (χ3v) is 3.79. The minimum absolute atomic E-state index is 0.0719. The van der Waals surface area contributed by atoms with Gasteiger partial charge in [-0.3, -0.25) is 14.4 Å². The van der Waals surface area contributed by atoms with E-state index in [1.54, 1.807) is 4.68 Å². The van der Waals surface area contributed by atoms with Crippen LogP contribution in [0.25, 0.3) is 0 Å². The molecule has 1 aliphatic heterocycles. The van der Waals surface area contributed by atoms with E-state index in [-0.39, 0.29) is 12.5 Å². The molecule has 6 nitrogen and oxygen atoms in total. The Kier molecular flexibility index (Phi) is 5.14. The van der Waals surface area contributed by atoms with E-state index in [0.717, 1.165) is 38.3 Å². The lowest BCUT2D eigenvalue weighted by Crippen LogP contribution is -2.49. The molecule has 1 N–H and O–H groups in total. The maximum atomic E-state index is 12.6. The monoisotopic (exact) mass is 280 g/mol. The Labute approximate surface area is 120 Å². The van der Waals surface area contributed by atoms with Gasteiger partial charge in [-0.1, -0.05) is 6.92 Å². The molecule has 1 saturated heterocycles. The fourth-order valence-corrected chi connectivity index (χ4v) is 2.53. The first-order chi connectivity index (χ1) is 9.69. The van der Waals surface area contributed by atoms with Gasteiger partial charge in [0.15, 0.2) is 0 Å². The number of amides is 1. The van der Waals surface area contributed by atoms with E-state index < -0.39 is 0 Å². The molecule has 1 aromatic rings. The molecule has 112 valence electrons. The van der Waals surface area contributed by atoms with Crippen LogP contribution in [0, 0.1) is 0 Å². The molecule has 2 heterocycles. The highest BCUT2D eigenvalue weighted by Crippen LogP contribution is 2.11. The van der Waals surface area contributed by atoms with Crippen LogP contribution >= 0.6 is 0 Å². The fourth-order valence-electron chi connectivity index (χ4n) is 2.53. The van der Waals surface area contributed by atoms with E-state index in [1.165, 1.54) is 0 Å². The standard InChI is InChI=1S/C14H24N4O2/c1-3-12-11-13(18(4-2)15-12)14(20)17-7-5-16(6-8-17)9-10-19/h11,19H,3-10H2,1-2H3. The Morgan fingerprint density at radius 2 is 2.00 bits per heavy atom. The van der Waals surface area contributed by atoms with Gasteiger partial charge in [-0.15, -0.1) is 0 Å². The largest absolute Gasteiger partial charge is 0.395 e. The van der Waals surface area contributed by atoms with Gasteiger partial charge in [-0.25, -0.2) is 0 Å². The molecule has 0 bridgehead atoms. The molecule has 0 atom stereocenters. The summed E-state index contributed by atoms with van der Waals surface area (Å²) in [4.78, 5) is 16.6. The number of hydrogen-bond acceptors (Lipinski definition) is 4. The lowest BCUT2D eigenvalue weighted by molar-refractivity contribution is 0.0603. The van der Waals surface area contributed by atoms with Crippen LogP contribution in [0.4, 0.5) is 0 Å². The van der Waals surface area contributed by atoms with Crippen molar-refractivity contribution in [2.45, 2.75) is 26.8 Å².